The maximum Gasteiger partial charge on any atom is 0.256 e. The van der Waals surface area contributed by atoms with Gasteiger partial charge < -0.3 is 5.32 Å². The van der Waals surface area contributed by atoms with Crippen molar-refractivity contribution in [3.05, 3.63) is 69.6 Å². The number of aromatic nitrogens is 3. The van der Waals surface area contributed by atoms with Gasteiger partial charge in [0.2, 0.25) is 0 Å². The fraction of sp³-hybridized carbons (Fsp3) is 0.211. The van der Waals surface area contributed by atoms with Crippen LogP contribution in [0, 0.1) is 3.57 Å². The Morgan fingerprint density at radius 1 is 1.12 bits per heavy atom. The zero-order valence-corrected chi connectivity index (χ0v) is 16.5. The van der Waals surface area contributed by atoms with Gasteiger partial charge in [-0.25, -0.2) is 4.98 Å². The van der Waals surface area contributed by atoms with E-state index in [2.05, 4.69) is 58.8 Å². The SMILES string of the molecule is CC(C)(C)c1cc(NC(=O)c2ccc(I)cc2)n(-c2ccccn2)n1. The maximum atomic E-state index is 12.6. The van der Waals surface area contributed by atoms with Crippen molar-refractivity contribution in [2.24, 2.45) is 0 Å². The first-order valence-electron chi connectivity index (χ1n) is 7.93. The molecule has 0 atom stereocenters. The fourth-order valence-corrected chi connectivity index (χ4v) is 2.64. The molecule has 3 rings (SSSR count). The third kappa shape index (κ3) is 4.07. The highest BCUT2D eigenvalue weighted by atomic mass is 127. The largest absolute Gasteiger partial charge is 0.306 e. The second kappa shape index (κ2) is 6.95. The minimum atomic E-state index is -0.172. The molecule has 128 valence electrons. The Morgan fingerprint density at radius 3 is 2.44 bits per heavy atom. The zero-order valence-electron chi connectivity index (χ0n) is 14.3. The van der Waals surface area contributed by atoms with E-state index in [1.165, 1.54) is 0 Å². The van der Waals surface area contributed by atoms with E-state index in [4.69, 9.17) is 0 Å². The number of hydrogen-bond donors (Lipinski definition) is 1. The second-order valence-electron chi connectivity index (χ2n) is 6.73. The first-order chi connectivity index (χ1) is 11.8. The van der Waals surface area contributed by atoms with Gasteiger partial charge in [-0.2, -0.15) is 9.78 Å². The number of carbonyl (C=O) groups is 1. The Labute approximate surface area is 160 Å². The van der Waals surface area contributed by atoms with Crippen molar-refractivity contribution in [3.63, 3.8) is 0 Å². The van der Waals surface area contributed by atoms with E-state index >= 15 is 0 Å². The Kier molecular flexibility index (Phi) is 4.89. The average Bonchev–Trinajstić information content (AvgIpc) is 3.00. The van der Waals surface area contributed by atoms with E-state index in [0.29, 0.717) is 17.2 Å². The molecule has 0 aliphatic rings. The third-order valence-corrected chi connectivity index (χ3v) is 4.41. The number of rotatable bonds is 3. The zero-order chi connectivity index (χ0) is 18.0. The van der Waals surface area contributed by atoms with Crippen molar-refractivity contribution in [2.45, 2.75) is 26.2 Å². The molecule has 0 radical (unpaired) electrons. The van der Waals surface area contributed by atoms with E-state index in [-0.39, 0.29) is 11.3 Å². The van der Waals surface area contributed by atoms with Crippen LogP contribution in [0.25, 0.3) is 5.82 Å². The van der Waals surface area contributed by atoms with Crippen molar-refractivity contribution >= 4 is 34.3 Å². The molecule has 5 nitrogen and oxygen atoms in total. The number of hydrogen-bond acceptors (Lipinski definition) is 3. The summed E-state index contributed by atoms with van der Waals surface area (Å²) < 4.78 is 2.76. The summed E-state index contributed by atoms with van der Waals surface area (Å²) in [5.74, 6) is 1.09. The molecule has 3 aromatic rings. The molecule has 0 saturated heterocycles. The summed E-state index contributed by atoms with van der Waals surface area (Å²) >= 11 is 2.21. The molecule has 1 N–H and O–H groups in total. The molecule has 0 saturated carbocycles. The quantitative estimate of drug-likeness (QED) is 0.606. The van der Waals surface area contributed by atoms with Gasteiger partial charge in [0.1, 0.15) is 5.82 Å². The summed E-state index contributed by atoms with van der Waals surface area (Å²) in [6.45, 7) is 6.26. The van der Waals surface area contributed by atoms with Crippen LogP contribution in [-0.2, 0) is 5.41 Å². The summed E-state index contributed by atoms with van der Waals surface area (Å²) in [6, 6.07) is 14.9. The predicted molar refractivity (Wildman–Crippen MR) is 107 cm³/mol. The van der Waals surface area contributed by atoms with Crippen molar-refractivity contribution in [2.75, 3.05) is 5.32 Å². The van der Waals surface area contributed by atoms with Crippen LogP contribution in [0.4, 0.5) is 5.82 Å². The Bertz CT molecular complexity index is 880. The number of halogens is 1. The van der Waals surface area contributed by atoms with Gasteiger partial charge in [-0.1, -0.05) is 26.8 Å². The van der Waals surface area contributed by atoms with Gasteiger partial charge in [0.15, 0.2) is 5.82 Å². The summed E-state index contributed by atoms with van der Waals surface area (Å²) in [5.41, 5.74) is 1.35. The number of carbonyl (C=O) groups excluding carboxylic acids is 1. The molecule has 2 aromatic heterocycles. The number of anilines is 1. The lowest BCUT2D eigenvalue weighted by molar-refractivity contribution is 0.102. The third-order valence-electron chi connectivity index (χ3n) is 3.69. The minimum absolute atomic E-state index is 0.137. The van der Waals surface area contributed by atoms with E-state index < -0.39 is 0 Å². The lowest BCUT2D eigenvalue weighted by Gasteiger charge is -2.13. The molecule has 0 spiro atoms. The highest BCUT2D eigenvalue weighted by Gasteiger charge is 2.22. The molecule has 0 unspecified atom stereocenters. The van der Waals surface area contributed by atoms with Crippen LogP contribution in [0.1, 0.15) is 36.8 Å². The molecule has 0 fully saturated rings. The topological polar surface area (TPSA) is 59.8 Å². The van der Waals surface area contributed by atoms with Crippen LogP contribution in [0.15, 0.2) is 54.7 Å². The van der Waals surface area contributed by atoms with Crippen molar-refractivity contribution in [1.29, 1.82) is 0 Å². The first kappa shape index (κ1) is 17.6. The smallest absolute Gasteiger partial charge is 0.256 e. The fourth-order valence-electron chi connectivity index (χ4n) is 2.28. The monoisotopic (exact) mass is 446 g/mol. The van der Waals surface area contributed by atoms with Gasteiger partial charge in [-0.15, -0.1) is 0 Å². The lowest BCUT2D eigenvalue weighted by Crippen LogP contribution is -2.15. The Balaban J connectivity index is 1.98. The molecule has 2 heterocycles. The normalized spacial score (nSPS) is 11.4. The second-order valence-corrected chi connectivity index (χ2v) is 7.97. The van der Waals surface area contributed by atoms with Crippen LogP contribution in [0.3, 0.4) is 0 Å². The van der Waals surface area contributed by atoms with Gasteiger partial charge in [0.25, 0.3) is 5.91 Å². The highest BCUT2D eigenvalue weighted by Crippen LogP contribution is 2.26. The molecular weight excluding hydrogens is 427 g/mol. The first-order valence-corrected chi connectivity index (χ1v) is 9.01. The van der Waals surface area contributed by atoms with Crippen molar-refractivity contribution < 1.29 is 4.79 Å². The maximum absolute atomic E-state index is 12.6. The van der Waals surface area contributed by atoms with E-state index in [9.17, 15) is 4.79 Å². The number of benzene rings is 1. The van der Waals surface area contributed by atoms with Crippen molar-refractivity contribution in [3.8, 4) is 5.82 Å². The summed E-state index contributed by atoms with van der Waals surface area (Å²) in [4.78, 5) is 16.9. The van der Waals surface area contributed by atoms with Gasteiger partial charge >= 0.3 is 0 Å². The van der Waals surface area contributed by atoms with Crippen molar-refractivity contribution in [1.82, 2.24) is 14.8 Å². The lowest BCUT2D eigenvalue weighted by atomic mass is 9.92. The van der Waals surface area contributed by atoms with E-state index in [1.54, 1.807) is 10.9 Å². The van der Waals surface area contributed by atoms with Gasteiger partial charge in [-0.3, -0.25) is 4.79 Å². The highest BCUT2D eigenvalue weighted by molar-refractivity contribution is 14.1. The van der Waals surface area contributed by atoms with E-state index in [0.717, 1.165) is 9.26 Å². The number of amides is 1. The summed E-state index contributed by atoms with van der Waals surface area (Å²) in [6.07, 6.45) is 1.71. The molecule has 1 aromatic carbocycles. The average molecular weight is 446 g/mol. The predicted octanol–water partition coefficient (Wildman–Crippen LogP) is 4.42. The van der Waals surface area contributed by atoms with Crippen LogP contribution in [0.2, 0.25) is 0 Å². The van der Waals surface area contributed by atoms with Crippen LogP contribution < -0.4 is 5.32 Å². The minimum Gasteiger partial charge on any atom is -0.306 e. The standard InChI is InChI=1S/C19H19IN4O/c1-19(2,3)15-12-17(24(23-15)16-6-4-5-11-21-16)22-18(25)13-7-9-14(20)10-8-13/h4-12H,1-3H3,(H,22,25). The number of nitrogens with one attached hydrogen (secondary N) is 1. The summed E-state index contributed by atoms with van der Waals surface area (Å²) in [7, 11) is 0. The molecule has 25 heavy (non-hydrogen) atoms. The number of nitrogens with zero attached hydrogens (tertiary/aromatic N) is 3. The molecule has 0 aliphatic heterocycles. The van der Waals surface area contributed by atoms with Gasteiger partial charge in [0, 0.05) is 26.8 Å². The van der Waals surface area contributed by atoms with Crippen LogP contribution >= 0.6 is 22.6 Å². The Hall–Kier alpha value is -2.22. The van der Waals surface area contributed by atoms with Gasteiger partial charge in [-0.05, 0) is 59.0 Å². The van der Waals surface area contributed by atoms with Crippen LogP contribution in [0.5, 0.6) is 0 Å². The number of pyridine rings is 1. The van der Waals surface area contributed by atoms with Crippen LogP contribution in [-0.4, -0.2) is 20.7 Å². The molecule has 6 heteroatoms. The molecule has 1 amide bonds. The molecular formula is C19H19IN4O. The molecule has 0 aliphatic carbocycles. The summed E-state index contributed by atoms with van der Waals surface area (Å²) in [5, 5.41) is 7.61. The van der Waals surface area contributed by atoms with Gasteiger partial charge in [0.05, 0.1) is 5.69 Å². The Morgan fingerprint density at radius 2 is 1.84 bits per heavy atom. The molecule has 0 bridgehead atoms. The van der Waals surface area contributed by atoms with E-state index in [1.807, 2.05) is 48.5 Å².